The zero-order chi connectivity index (χ0) is 14.4. The van der Waals surface area contributed by atoms with Crippen molar-refractivity contribution in [2.45, 2.75) is 57.4 Å². The van der Waals surface area contributed by atoms with Crippen LogP contribution in [0.1, 0.15) is 51.4 Å². The maximum atomic E-state index is 12.9. The van der Waals surface area contributed by atoms with Crippen molar-refractivity contribution >= 4 is 10.2 Å². The number of nitrogens with one attached hydrogen (secondary N) is 1. The Morgan fingerprint density at radius 1 is 1.00 bits per heavy atom. The smallest absolute Gasteiger partial charge is 0.282 e. The molecule has 0 spiro atoms. The van der Waals surface area contributed by atoms with E-state index in [9.17, 15) is 8.42 Å². The fraction of sp³-hybridized carbons (Fsp3) is 1.00. The zero-order valence-electron chi connectivity index (χ0n) is 12.7. The monoisotopic (exact) mass is 303 g/mol. The predicted octanol–water partition coefficient (Wildman–Crippen LogP) is 1.57. The minimum atomic E-state index is -3.25. The molecule has 0 saturated carbocycles. The Bertz CT molecular complexity index is 378. The summed E-state index contributed by atoms with van der Waals surface area (Å²) < 4.78 is 29.3. The third kappa shape index (κ3) is 3.93. The second-order valence-electron chi connectivity index (χ2n) is 5.97. The molecule has 0 bridgehead atoms. The quantitative estimate of drug-likeness (QED) is 0.839. The highest BCUT2D eigenvalue weighted by Gasteiger charge is 2.36. The van der Waals surface area contributed by atoms with Crippen molar-refractivity contribution in [2.75, 3.05) is 33.2 Å². The number of nitrogens with zero attached hydrogens (tertiary/aromatic N) is 2. The van der Waals surface area contributed by atoms with E-state index in [2.05, 4.69) is 5.32 Å². The van der Waals surface area contributed by atoms with E-state index in [1.54, 1.807) is 8.61 Å². The van der Waals surface area contributed by atoms with Crippen LogP contribution in [0.2, 0.25) is 0 Å². The van der Waals surface area contributed by atoms with Gasteiger partial charge >= 0.3 is 0 Å². The van der Waals surface area contributed by atoms with Gasteiger partial charge in [0, 0.05) is 25.7 Å². The van der Waals surface area contributed by atoms with Crippen LogP contribution in [0.3, 0.4) is 0 Å². The first-order chi connectivity index (χ1) is 9.66. The summed E-state index contributed by atoms with van der Waals surface area (Å²) in [7, 11) is -1.32. The van der Waals surface area contributed by atoms with E-state index in [1.165, 1.54) is 0 Å². The highest BCUT2D eigenvalue weighted by molar-refractivity contribution is 7.86. The lowest BCUT2D eigenvalue weighted by Gasteiger charge is -2.37. The van der Waals surface area contributed by atoms with Gasteiger partial charge in [0.1, 0.15) is 0 Å². The number of hydrogen-bond donors (Lipinski definition) is 1. The molecule has 2 fully saturated rings. The molecule has 0 aromatic heterocycles. The molecule has 0 aromatic carbocycles. The SMILES string of the molecule is CNCCC1CCCCN1S(=O)(=O)N1CCCCCC1. The van der Waals surface area contributed by atoms with Gasteiger partial charge in [-0.25, -0.2) is 0 Å². The number of hydrogen-bond acceptors (Lipinski definition) is 3. The minimum absolute atomic E-state index is 0.185. The van der Waals surface area contributed by atoms with Crippen LogP contribution in [0.4, 0.5) is 0 Å². The van der Waals surface area contributed by atoms with Crippen LogP contribution >= 0.6 is 0 Å². The molecule has 0 aromatic rings. The first-order valence-corrected chi connectivity index (χ1v) is 9.47. The first kappa shape index (κ1) is 16.2. The maximum Gasteiger partial charge on any atom is 0.282 e. The van der Waals surface area contributed by atoms with E-state index >= 15 is 0 Å². The highest BCUT2D eigenvalue weighted by atomic mass is 32.2. The molecule has 118 valence electrons. The van der Waals surface area contributed by atoms with Gasteiger partial charge in [0.05, 0.1) is 0 Å². The van der Waals surface area contributed by atoms with Crippen LogP contribution in [0.25, 0.3) is 0 Å². The Hall–Kier alpha value is -0.170. The van der Waals surface area contributed by atoms with Gasteiger partial charge in [0.15, 0.2) is 0 Å². The van der Waals surface area contributed by atoms with Crippen molar-refractivity contribution in [1.29, 1.82) is 0 Å². The highest BCUT2D eigenvalue weighted by Crippen LogP contribution is 2.26. The van der Waals surface area contributed by atoms with Gasteiger partial charge in [-0.1, -0.05) is 19.3 Å². The first-order valence-electron chi connectivity index (χ1n) is 8.08. The van der Waals surface area contributed by atoms with Crippen LogP contribution in [-0.4, -0.2) is 56.3 Å². The molecular formula is C14H29N3O2S. The van der Waals surface area contributed by atoms with Crippen molar-refractivity contribution in [3.63, 3.8) is 0 Å². The van der Waals surface area contributed by atoms with E-state index in [0.717, 1.165) is 57.9 Å². The van der Waals surface area contributed by atoms with Crippen molar-refractivity contribution in [3.8, 4) is 0 Å². The molecule has 0 amide bonds. The molecule has 2 rings (SSSR count). The third-order valence-corrected chi connectivity index (χ3v) is 6.58. The van der Waals surface area contributed by atoms with E-state index in [0.29, 0.717) is 19.6 Å². The lowest BCUT2D eigenvalue weighted by molar-refractivity contribution is 0.222. The Balaban J connectivity index is 2.07. The summed E-state index contributed by atoms with van der Waals surface area (Å²) in [6, 6.07) is 0.185. The summed E-state index contributed by atoms with van der Waals surface area (Å²) in [6.07, 6.45) is 8.43. The minimum Gasteiger partial charge on any atom is -0.320 e. The predicted molar refractivity (Wildman–Crippen MR) is 81.8 cm³/mol. The molecule has 1 unspecified atom stereocenters. The van der Waals surface area contributed by atoms with E-state index in [1.807, 2.05) is 7.05 Å². The van der Waals surface area contributed by atoms with Crippen LogP contribution in [0.15, 0.2) is 0 Å². The van der Waals surface area contributed by atoms with E-state index in [-0.39, 0.29) is 6.04 Å². The average Bonchev–Trinajstić information content (AvgIpc) is 2.75. The molecule has 2 aliphatic heterocycles. The molecule has 1 N–H and O–H groups in total. The third-order valence-electron chi connectivity index (χ3n) is 4.49. The second-order valence-corrected chi connectivity index (χ2v) is 7.85. The molecule has 5 nitrogen and oxygen atoms in total. The molecule has 2 heterocycles. The molecule has 0 aliphatic carbocycles. The fourth-order valence-corrected chi connectivity index (χ4v) is 5.26. The van der Waals surface area contributed by atoms with Gasteiger partial charge in [-0.05, 0) is 45.7 Å². The molecular weight excluding hydrogens is 274 g/mol. The molecule has 20 heavy (non-hydrogen) atoms. The summed E-state index contributed by atoms with van der Waals surface area (Å²) >= 11 is 0. The van der Waals surface area contributed by atoms with Gasteiger partial charge in [-0.15, -0.1) is 0 Å². The lowest BCUT2D eigenvalue weighted by atomic mass is 10.0. The van der Waals surface area contributed by atoms with E-state index in [4.69, 9.17) is 0 Å². The summed E-state index contributed by atoms with van der Waals surface area (Å²) in [5.74, 6) is 0. The standard InChI is InChI=1S/C14H29N3O2S/c1-15-10-9-14-8-4-7-13-17(14)20(18,19)16-11-5-2-3-6-12-16/h14-15H,2-13H2,1H3. The Morgan fingerprint density at radius 2 is 1.65 bits per heavy atom. The molecule has 2 aliphatic rings. The van der Waals surface area contributed by atoms with Gasteiger partial charge in [-0.2, -0.15) is 17.0 Å². The Morgan fingerprint density at radius 3 is 2.30 bits per heavy atom. The molecule has 0 radical (unpaired) electrons. The molecule has 2 saturated heterocycles. The Kier molecular flexibility index (Phi) is 6.26. The van der Waals surface area contributed by atoms with Crippen LogP contribution in [-0.2, 0) is 10.2 Å². The fourth-order valence-electron chi connectivity index (χ4n) is 3.30. The molecule has 1 atom stereocenters. The van der Waals surface area contributed by atoms with E-state index < -0.39 is 10.2 Å². The summed E-state index contributed by atoms with van der Waals surface area (Å²) in [5.41, 5.74) is 0. The van der Waals surface area contributed by atoms with Crippen LogP contribution in [0.5, 0.6) is 0 Å². The largest absolute Gasteiger partial charge is 0.320 e. The second kappa shape index (κ2) is 7.73. The topological polar surface area (TPSA) is 52.7 Å². The van der Waals surface area contributed by atoms with Gasteiger partial charge in [-0.3, -0.25) is 0 Å². The van der Waals surface area contributed by atoms with Crippen molar-refractivity contribution in [1.82, 2.24) is 13.9 Å². The Labute approximate surface area is 123 Å². The van der Waals surface area contributed by atoms with Gasteiger partial charge in [0.2, 0.25) is 0 Å². The van der Waals surface area contributed by atoms with Crippen molar-refractivity contribution < 1.29 is 8.42 Å². The number of rotatable bonds is 5. The maximum absolute atomic E-state index is 12.9. The normalized spacial score (nSPS) is 27.4. The van der Waals surface area contributed by atoms with Crippen LogP contribution in [0, 0.1) is 0 Å². The van der Waals surface area contributed by atoms with Gasteiger partial charge < -0.3 is 5.32 Å². The summed E-state index contributed by atoms with van der Waals surface area (Å²) in [4.78, 5) is 0. The zero-order valence-corrected chi connectivity index (χ0v) is 13.5. The van der Waals surface area contributed by atoms with Crippen molar-refractivity contribution in [2.24, 2.45) is 0 Å². The lowest BCUT2D eigenvalue weighted by Crippen LogP contribution is -2.51. The van der Waals surface area contributed by atoms with Crippen LogP contribution < -0.4 is 5.32 Å². The summed E-state index contributed by atoms with van der Waals surface area (Å²) in [6.45, 7) is 3.00. The molecule has 6 heteroatoms. The van der Waals surface area contributed by atoms with Gasteiger partial charge in [0.25, 0.3) is 10.2 Å². The summed E-state index contributed by atoms with van der Waals surface area (Å²) in [5, 5.41) is 3.14. The number of piperidine rings is 1. The average molecular weight is 303 g/mol. The van der Waals surface area contributed by atoms with Crippen molar-refractivity contribution in [3.05, 3.63) is 0 Å².